The number of ether oxygens (including phenoxy) is 1. The molecular weight excluding hydrogens is 319 g/mol. The quantitative estimate of drug-likeness (QED) is 0.797. The molecule has 2 aromatic carbocycles. The minimum atomic E-state index is -0.286. The van der Waals surface area contributed by atoms with E-state index in [-0.39, 0.29) is 17.9 Å². The Morgan fingerprint density at radius 1 is 1.20 bits per heavy atom. The van der Waals surface area contributed by atoms with Crippen molar-refractivity contribution < 1.29 is 13.9 Å². The van der Waals surface area contributed by atoms with Crippen molar-refractivity contribution in [3.05, 3.63) is 65.0 Å². The zero-order chi connectivity index (χ0) is 18.4. The fraction of sp³-hybridized carbons (Fsp3) is 0.350. The van der Waals surface area contributed by atoms with Gasteiger partial charge in [-0.2, -0.15) is 0 Å². The Bertz CT molecular complexity index is 716. The van der Waals surface area contributed by atoms with Gasteiger partial charge in [0.25, 0.3) is 0 Å². The number of halogens is 1. The molecule has 1 N–H and O–H groups in total. The minimum Gasteiger partial charge on any atom is -0.491 e. The second-order valence-electron chi connectivity index (χ2n) is 6.19. The average molecular weight is 344 g/mol. The molecule has 0 fully saturated rings. The summed E-state index contributed by atoms with van der Waals surface area (Å²) in [7, 11) is 1.72. The molecule has 2 rings (SSSR count). The van der Waals surface area contributed by atoms with Gasteiger partial charge in [0.15, 0.2) is 0 Å². The number of aryl methyl sites for hydroxylation is 2. The van der Waals surface area contributed by atoms with Gasteiger partial charge in [-0.3, -0.25) is 0 Å². The van der Waals surface area contributed by atoms with Crippen molar-refractivity contribution in [3.63, 3.8) is 0 Å². The molecule has 2 aromatic rings. The largest absolute Gasteiger partial charge is 0.491 e. The van der Waals surface area contributed by atoms with Gasteiger partial charge in [-0.15, -0.1) is 0 Å². The fourth-order valence-corrected chi connectivity index (χ4v) is 2.55. The highest BCUT2D eigenvalue weighted by Crippen LogP contribution is 2.19. The number of urea groups is 1. The van der Waals surface area contributed by atoms with Gasteiger partial charge >= 0.3 is 6.03 Å². The van der Waals surface area contributed by atoms with Crippen LogP contribution >= 0.6 is 0 Å². The zero-order valence-electron chi connectivity index (χ0n) is 15.2. The molecule has 25 heavy (non-hydrogen) atoms. The topological polar surface area (TPSA) is 41.6 Å². The molecule has 0 heterocycles. The maximum atomic E-state index is 13.0. The third-order valence-corrected chi connectivity index (χ3v) is 4.22. The lowest BCUT2D eigenvalue weighted by Gasteiger charge is -2.25. The zero-order valence-corrected chi connectivity index (χ0v) is 15.2. The summed E-state index contributed by atoms with van der Waals surface area (Å²) in [5, 5.41) is 2.83. The van der Waals surface area contributed by atoms with Crippen LogP contribution in [0.3, 0.4) is 0 Å². The maximum Gasteiger partial charge on any atom is 0.317 e. The van der Waals surface area contributed by atoms with E-state index in [2.05, 4.69) is 11.4 Å². The van der Waals surface area contributed by atoms with Crippen molar-refractivity contribution in [1.82, 2.24) is 10.2 Å². The highest BCUT2D eigenvalue weighted by atomic mass is 19.1. The van der Waals surface area contributed by atoms with Crippen LogP contribution in [0.4, 0.5) is 9.18 Å². The molecule has 0 spiro atoms. The van der Waals surface area contributed by atoms with E-state index >= 15 is 0 Å². The van der Waals surface area contributed by atoms with Gasteiger partial charge in [0.05, 0.1) is 12.6 Å². The summed E-state index contributed by atoms with van der Waals surface area (Å²) in [5.74, 6) is 0.541. The van der Waals surface area contributed by atoms with E-state index in [0.29, 0.717) is 13.2 Å². The number of carbonyl (C=O) groups excluding carboxylic acids is 1. The minimum absolute atomic E-state index is 0.152. The second kappa shape index (κ2) is 8.51. The normalized spacial score (nSPS) is 11.7. The molecule has 1 atom stereocenters. The van der Waals surface area contributed by atoms with E-state index in [0.717, 1.165) is 16.9 Å². The molecule has 0 radical (unpaired) electrons. The summed E-state index contributed by atoms with van der Waals surface area (Å²) in [6, 6.07) is 11.8. The van der Waals surface area contributed by atoms with E-state index in [1.165, 1.54) is 17.7 Å². The number of nitrogens with one attached hydrogen (secondary N) is 1. The number of hydrogen-bond acceptors (Lipinski definition) is 2. The van der Waals surface area contributed by atoms with Crippen LogP contribution < -0.4 is 10.1 Å². The van der Waals surface area contributed by atoms with E-state index in [1.54, 1.807) is 24.1 Å². The van der Waals surface area contributed by atoms with E-state index < -0.39 is 0 Å². The first kappa shape index (κ1) is 18.8. The van der Waals surface area contributed by atoms with Crippen LogP contribution in [0.15, 0.2) is 42.5 Å². The summed E-state index contributed by atoms with van der Waals surface area (Å²) in [5.41, 5.74) is 3.15. The summed E-state index contributed by atoms with van der Waals surface area (Å²) in [6.07, 6.45) is 0. The Morgan fingerprint density at radius 2 is 1.88 bits per heavy atom. The Kier molecular flexibility index (Phi) is 6.39. The third-order valence-electron chi connectivity index (χ3n) is 4.22. The first-order chi connectivity index (χ1) is 11.9. The number of carbonyl (C=O) groups is 1. The van der Waals surface area contributed by atoms with Crippen molar-refractivity contribution in [2.24, 2.45) is 0 Å². The highest BCUT2D eigenvalue weighted by molar-refractivity contribution is 5.74. The van der Waals surface area contributed by atoms with Crippen LogP contribution in [-0.4, -0.2) is 31.1 Å². The molecule has 5 heteroatoms. The van der Waals surface area contributed by atoms with Crippen molar-refractivity contribution in [2.45, 2.75) is 26.8 Å². The van der Waals surface area contributed by atoms with Gasteiger partial charge in [0.2, 0.25) is 0 Å². The standard InChI is InChI=1S/C20H25FN2O2/c1-14-5-10-19(15(2)13-14)25-12-11-22-20(24)23(4)16(3)17-6-8-18(21)9-7-17/h5-10,13,16H,11-12H2,1-4H3,(H,22,24). The van der Waals surface area contributed by atoms with Gasteiger partial charge < -0.3 is 15.0 Å². The molecule has 4 nitrogen and oxygen atoms in total. The monoisotopic (exact) mass is 344 g/mol. The third kappa shape index (κ3) is 5.21. The van der Waals surface area contributed by atoms with E-state index in [4.69, 9.17) is 4.74 Å². The molecule has 0 saturated heterocycles. The van der Waals surface area contributed by atoms with Crippen LogP contribution in [0.2, 0.25) is 0 Å². The number of nitrogens with zero attached hydrogens (tertiary/aromatic N) is 1. The molecule has 0 aliphatic rings. The van der Waals surface area contributed by atoms with Crippen molar-refractivity contribution in [3.8, 4) is 5.75 Å². The Labute approximate surface area is 148 Å². The van der Waals surface area contributed by atoms with Crippen molar-refractivity contribution >= 4 is 6.03 Å². The Morgan fingerprint density at radius 3 is 2.52 bits per heavy atom. The molecule has 0 saturated carbocycles. The van der Waals surface area contributed by atoms with Crippen LogP contribution in [-0.2, 0) is 0 Å². The predicted octanol–water partition coefficient (Wildman–Crippen LogP) is 4.22. The molecule has 0 aliphatic carbocycles. The second-order valence-corrected chi connectivity index (χ2v) is 6.19. The summed E-state index contributed by atoms with van der Waals surface area (Å²) >= 11 is 0. The van der Waals surface area contributed by atoms with Gasteiger partial charge in [-0.1, -0.05) is 29.8 Å². The molecule has 2 amide bonds. The maximum absolute atomic E-state index is 13.0. The predicted molar refractivity (Wildman–Crippen MR) is 97.4 cm³/mol. The molecule has 0 bridgehead atoms. The highest BCUT2D eigenvalue weighted by Gasteiger charge is 2.17. The number of amides is 2. The van der Waals surface area contributed by atoms with Crippen LogP contribution in [0.25, 0.3) is 0 Å². The number of rotatable bonds is 6. The lowest BCUT2D eigenvalue weighted by Crippen LogP contribution is -2.40. The van der Waals surface area contributed by atoms with Crippen LogP contribution in [0, 0.1) is 19.7 Å². The molecule has 1 unspecified atom stereocenters. The number of benzene rings is 2. The first-order valence-electron chi connectivity index (χ1n) is 8.34. The van der Waals surface area contributed by atoms with Crippen molar-refractivity contribution in [2.75, 3.05) is 20.2 Å². The van der Waals surface area contributed by atoms with Gasteiger partial charge in [0.1, 0.15) is 18.2 Å². The Balaban J connectivity index is 1.80. The van der Waals surface area contributed by atoms with E-state index in [1.807, 2.05) is 32.9 Å². The molecule has 0 aliphatic heterocycles. The van der Waals surface area contributed by atoms with Gasteiger partial charge in [-0.25, -0.2) is 9.18 Å². The van der Waals surface area contributed by atoms with Crippen LogP contribution in [0.1, 0.15) is 29.7 Å². The molecular formula is C20H25FN2O2. The van der Waals surface area contributed by atoms with Gasteiger partial charge in [-0.05, 0) is 50.1 Å². The van der Waals surface area contributed by atoms with Crippen LogP contribution in [0.5, 0.6) is 5.75 Å². The first-order valence-corrected chi connectivity index (χ1v) is 8.34. The fourth-order valence-electron chi connectivity index (χ4n) is 2.55. The molecule has 134 valence electrons. The van der Waals surface area contributed by atoms with Gasteiger partial charge in [0, 0.05) is 7.05 Å². The Hall–Kier alpha value is -2.56. The molecule has 0 aromatic heterocycles. The lowest BCUT2D eigenvalue weighted by atomic mass is 10.1. The SMILES string of the molecule is Cc1ccc(OCCNC(=O)N(C)C(C)c2ccc(F)cc2)c(C)c1. The number of hydrogen-bond donors (Lipinski definition) is 1. The summed E-state index contributed by atoms with van der Waals surface area (Å²) < 4.78 is 18.7. The van der Waals surface area contributed by atoms with E-state index in [9.17, 15) is 9.18 Å². The summed E-state index contributed by atoms with van der Waals surface area (Å²) in [4.78, 5) is 13.8. The summed E-state index contributed by atoms with van der Waals surface area (Å²) in [6.45, 7) is 6.74. The smallest absolute Gasteiger partial charge is 0.317 e. The van der Waals surface area contributed by atoms with Crippen molar-refractivity contribution in [1.29, 1.82) is 0 Å². The average Bonchev–Trinajstić information content (AvgIpc) is 2.59. The lowest BCUT2D eigenvalue weighted by molar-refractivity contribution is 0.191.